The molecule has 19 heavy (non-hydrogen) atoms. The number of amides is 1. The first kappa shape index (κ1) is 13.4. The van der Waals surface area contributed by atoms with Crippen LogP contribution in [-0.4, -0.2) is 41.6 Å². The zero-order valence-electron chi connectivity index (χ0n) is 10.8. The first-order chi connectivity index (χ1) is 9.08. The number of nitrogens with zero attached hydrogens (tertiary/aromatic N) is 1. The van der Waals surface area contributed by atoms with Crippen molar-refractivity contribution in [1.82, 2.24) is 4.90 Å². The number of carboxylic acids is 1. The van der Waals surface area contributed by atoms with E-state index < -0.39 is 11.9 Å². The Hall–Kier alpha value is -2.04. The maximum atomic E-state index is 11.8. The Morgan fingerprint density at radius 1 is 1.37 bits per heavy atom. The van der Waals surface area contributed by atoms with Crippen LogP contribution in [0.1, 0.15) is 6.92 Å². The van der Waals surface area contributed by atoms with Crippen LogP contribution in [0, 0.1) is 11.8 Å². The lowest BCUT2D eigenvalue weighted by molar-refractivity contribution is -0.151. The molecule has 0 radical (unpaired) electrons. The summed E-state index contributed by atoms with van der Waals surface area (Å²) in [5.74, 6) is -0.598. The zero-order valence-corrected chi connectivity index (χ0v) is 10.8. The second kappa shape index (κ2) is 5.73. The van der Waals surface area contributed by atoms with E-state index >= 15 is 0 Å². The van der Waals surface area contributed by atoms with Crippen molar-refractivity contribution in [3.8, 4) is 5.75 Å². The van der Waals surface area contributed by atoms with Crippen molar-refractivity contribution in [2.45, 2.75) is 6.92 Å². The summed E-state index contributed by atoms with van der Waals surface area (Å²) in [5.41, 5.74) is 0. The molecule has 1 aromatic rings. The lowest BCUT2D eigenvalue weighted by Crippen LogP contribution is -2.54. The molecule has 5 nitrogen and oxygen atoms in total. The van der Waals surface area contributed by atoms with Crippen molar-refractivity contribution in [3.05, 3.63) is 30.3 Å². The monoisotopic (exact) mass is 263 g/mol. The van der Waals surface area contributed by atoms with E-state index in [1.165, 1.54) is 0 Å². The fraction of sp³-hybridized carbons (Fsp3) is 0.429. The molecule has 1 N–H and O–H groups in total. The molecule has 1 aromatic carbocycles. The Bertz CT molecular complexity index is 454. The van der Waals surface area contributed by atoms with Crippen molar-refractivity contribution in [2.24, 2.45) is 11.8 Å². The normalized spacial score (nSPS) is 16.6. The number of hydrogen-bond acceptors (Lipinski definition) is 3. The maximum Gasteiger partial charge on any atom is 0.306 e. The number of carboxylic acid groups (broad SMARTS) is 1. The van der Waals surface area contributed by atoms with Gasteiger partial charge in [0.2, 0.25) is 0 Å². The topological polar surface area (TPSA) is 66.8 Å². The van der Waals surface area contributed by atoms with E-state index in [9.17, 15) is 9.59 Å². The largest absolute Gasteiger partial charge is 0.484 e. The average molecular weight is 263 g/mol. The number of hydrogen-bond donors (Lipinski definition) is 1. The SMILES string of the molecule is CC(C(=O)O)C1CN(C(=O)COc2ccccc2)C1. The van der Waals surface area contributed by atoms with Gasteiger partial charge < -0.3 is 14.7 Å². The van der Waals surface area contributed by atoms with Gasteiger partial charge in [-0.05, 0) is 12.1 Å². The van der Waals surface area contributed by atoms with Gasteiger partial charge in [-0.3, -0.25) is 9.59 Å². The highest BCUT2D eigenvalue weighted by atomic mass is 16.5. The molecule has 1 atom stereocenters. The van der Waals surface area contributed by atoms with Crippen LogP contribution in [-0.2, 0) is 9.59 Å². The molecule has 1 saturated heterocycles. The summed E-state index contributed by atoms with van der Waals surface area (Å²) in [4.78, 5) is 24.2. The molecule has 0 spiro atoms. The predicted octanol–water partition coefficient (Wildman–Crippen LogP) is 1.24. The Morgan fingerprint density at radius 3 is 2.58 bits per heavy atom. The first-order valence-corrected chi connectivity index (χ1v) is 6.26. The summed E-state index contributed by atoms with van der Waals surface area (Å²) in [7, 11) is 0. The smallest absolute Gasteiger partial charge is 0.306 e. The summed E-state index contributed by atoms with van der Waals surface area (Å²) in [5, 5.41) is 8.87. The van der Waals surface area contributed by atoms with E-state index in [2.05, 4.69) is 0 Å². The van der Waals surface area contributed by atoms with E-state index in [0.717, 1.165) is 0 Å². The molecule has 102 valence electrons. The average Bonchev–Trinajstić information content (AvgIpc) is 2.35. The Morgan fingerprint density at radius 2 is 2.00 bits per heavy atom. The van der Waals surface area contributed by atoms with Gasteiger partial charge in [-0.15, -0.1) is 0 Å². The molecule has 5 heteroatoms. The molecule has 1 fully saturated rings. The second-order valence-corrected chi connectivity index (χ2v) is 4.79. The van der Waals surface area contributed by atoms with Crippen molar-refractivity contribution >= 4 is 11.9 Å². The Kier molecular flexibility index (Phi) is 4.04. The minimum atomic E-state index is -0.808. The number of benzene rings is 1. The highest BCUT2D eigenvalue weighted by molar-refractivity contribution is 5.79. The van der Waals surface area contributed by atoms with Crippen LogP contribution in [0.3, 0.4) is 0 Å². The van der Waals surface area contributed by atoms with Crippen molar-refractivity contribution in [2.75, 3.05) is 19.7 Å². The lowest BCUT2D eigenvalue weighted by atomic mass is 9.87. The van der Waals surface area contributed by atoms with Gasteiger partial charge in [0, 0.05) is 19.0 Å². The number of para-hydroxylation sites is 1. The number of ether oxygens (including phenoxy) is 1. The third-order valence-corrected chi connectivity index (χ3v) is 3.46. The lowest BCUT2D eigenvalue weighted by Gasteiger charge is -2.41. The fourth-order valence-corrected chi connectivity index (χ4v) is 1.99. The molecule has 1 aliphatic rings. The van der Waals surface area contributed by atoms with Crippen LogP contribution in [0.2, 0.25) is 0 Å². The predicted molar refractivity (Wildman–Crippen MR) is 68.8 cm³/mol. The van der Waals surface area contributed by atoms with Crippen LogP contribution >= 0.6 is 0 Å². The van der Waals surface area contributed by atoms with E-state index in [0.29, 0.717) is 18.8 Å². The summed E-state index contributed by atoms with van der Waals surface area (Å²) < 4.78 is 5.36. The zero-order chi connectivity index (χ0) is 13.8. The van der Waals surface area contributed by atoms with E-state index in [-0.39, 0.29) is 18.4 Å². The number of carbonyl (C=O) groups excluding carboxylic acids is 1. The molecule has 2 rings (SSSR count). The molecule has 1 aliphatic heterocycles. The molecule has 0 bridgehead atoms. The van der Waals surface area contributed by atoms with Gasteiger partial charge in [0.15, 0.2) is 6.61 Å². The van der Waals surface area contributed by atoms with E-state index in [1.807, 2.05) is 18.2 Å². The minimum absolute atomic E-state index is 0.00180. The molecular weight excluding hydrogens is 246 g/mol. The number of aliphatic carboxylic acids is 1. The van der Waals surface area contributed by atoms with Gasteiger partial charge in [-0.25, -0.2) is 0 Å². The quantitative estimate of drug-likeness (QED) is 0.868. The van der Waals surface area contributed by atoms with Gasteiger partial charge in [0.25, 0.3) is 5.91 Å². The fourth-order valence-electron chi connectivity index (χ4n) is 1.99. The summed E-state index contributed by atoms with van der Waals surface area (Å²) in [6, 6.07) is 9.14. The van der Waals surface area contributed by atoms with E-state index in [4.69, 9.17) is 9.84 Å². The number of carbonyl (C=O) groups is 2. The molecule has 0 aliphatic carbocycles. The van der Waals surface area contributed by atoms with Crippen LogP contribution in [0.25, 0.3) is 0 Å². The van der Waals surface area contributed by atoms with Crippen LogP contribution < -0.4 is 4.74 Å². The summed E-state index contributed by atoms with van der Waals surface area (Å²) >= 11 is 0. The van der Waals surface area contributed by atoms with Gasteiger partial charge in [-0.1, -0.05) is 25.1 Å². The van der Waals surface area contributed by atoms with Gasteiger partial charge in [0.1, 0.15) is 5.75 Å². The van der Waals surface area contributed by atoms with Crippen LogP contribution in [0.5, 0.6) is 5.75 Å². The first-order valence-electron chi connectivity index (χ1n) is 6.26. The highest BCUT2D eigenvalue weighted by Gasteiger charge is 2.37. The maximum absolute atomic E-state index is 11.8. The molecule has 0 saturated carbocycles. The van der Waals surface area contributed by atoms with Gasteiger partial charge in [0.05, 0.1) is 5.92 Å². The number of rotatable bonds is 5. The van der Waals surface area contributed by atoms with Gasteiger partial charge >= 0.3 is 5.97 Å². The number of likely N-dealkylation sites (tertiary alicyclic amines) is 1. The van der Waals surface area contributed by atoms with E-state index in [1.54, 1.807) is 24.0 Å². The third kappa shape index (κ3) is 3.24. The Labute approximate surface area is 111 Å². The van der Waals surface area contributed by atoms with Crippen molar-refractivity contribution in [3.63, 3.8) is 0 Å². The molecule has 1 heterocycles. The summed E-state index contributed by atoms with van der Waals surface area (Å²) in [6.45, 7) is 2.68. The molecule has 1 unspecified atom stereocenters. The standard InChI is InChI=1S/C14H17NO4/c1-10(14(17)18)11-7-15(8-11)13(16)9-19-12-5-3-2-4-6-12/h2-6,10-11H,7-9H2,1H3,(H,17,18). The van der Waals surface area contributed by atoms with Gasteiger partial charge in [-0.2, -0.15) is 0 Å². The van der Waals surface area contributed by atoms with Crippen LogP contribution in [0.4, 0.5) is 0 Å². The molecule has 1 amide bonds. The highest BCUT2D eigenvalue weighted by Crippen LogP contribution is 2.24. The molecular formula is C14H17NO4. The minimum Gasteiger partial charge on any atom is -0.484 e. The molecule has 0 aromatic heterocycles. The third-order valence-electron chi connectivity index (χ3n) is 3.46. The van der Waals surface area contributed by atoms with Crippen LogP contribution in [0.15, 0.2) is 30.3 Å². The summed E-state index contributed by atoms with van der Waals surface area (Å²) in [6.07, 6.45) is 0. The Balaban J connectivity index is 1.73. The van der Waals surface area contributed by atoms with Crippen molar-refractivity contribution < 1.29 is 19.4 Å². The van der Waals surface area contributed by atoms with Crippen molar-refractivity contribution in [1.29, 1.82) is 0 Å². The second-order valence-electron chi connectivity index (χ2n) is 4.79.